The van der Waals surface area contributed by atoms with Crippen LogP contribution in [0.4, 0.5) is 0 Å². The molecule has 0 atom stereocenters. The van der Waals surface area contributed by atoms with E-state index in [1.165, 1.54) is 0 Å². The molecule has 2 heterocycles. The number of hydrogen-bond donors (Lipinski definition) is 1. The van der Waals surface area contributed by atoms with Crippen LogP contribution in [0.1, 0.15) is 39.8 Å². The number of carbonyl (C=O) groups excluding carboxylic acids is 2. The first-order valence-corrected chi connectivity index (χ1v) is 10.1. The molecule has 0 radical (unpaired) electrons. The Labute approximate surface area is 167 Å². The van der Waals surface area contributed by atoms with Gasteiger partial charge < -0.3 is 10.1 Å². The summed E-state index contributed by atoms with van der Waals surface area (Å²) in [4.78, 5) is 30.6. The summed E-state index contributed by atoms with van der Waals surface area (Å²) in [7, 11) is 0. The third kappa shape index (κ3) is 3.55. The maximum atomic E-state index is 12.9. The number of allylic oxidation sites excluding steroid dienone is 1. The largest absolute Gasteiger partial charge is 0.452 e. The minimum atomic E-state index is -0.474. The van der Waals surface area contributed by atoms with Crippen molar-refractivity contribution in [1.82, 2.24) is 10.3 Å². The highest BCUT2D eigenvalue weighted by Gasteiger charge is 2.27. The molecule has 0 bridgehead atoms. The first kappa shape index (κ1) is 18.4. The molecule has 1 aliphatic rings. The van der Waals surface area contributed by atoms with Crippen LogP contribution in [0.2, 0.25) is 0 Å². The van der Waals surface area contributed by atoms with Gasteiger partial charge in [-0.05, 0) is 54.5 Å². The number of nitrogens with one attached hydrogen (secondary N) is 1. The molecule has 4 rings (SSSR count). The van der Waals surface area contributed by atoms with Crippen molar-refractivity contribution in [2.24, 2.45) is 0 Å². The number of benzene rings is 1. The quantitative estimate of drug-likeness (QED) is 0.665. The highest BCUT2D eigenvalue weighted by Crippen LogP contribution is 2.38. The minimum Gasteiger partial charge on any atom is -0.452 e. The third-order valence-corrected chi connectivity index (χ3v) is 5.53. The van der Waals surface area contributed by atoms with Gasteiger partial charge in [0.15, 0.2) is 6.61 Å². The Hall–Kier alpha value is -2.99. The molecule has 2 aromatic heterocycles. The van der Waals surface area contributed by atoms with E-state index in [9.17, 15) is 9.59 Å². The van der Waals surface area contributed by atoms with Gasteiger partial charge in [0.1, 0.15) is 0 Å². The molecule has 1 aliphatic carbocycles. The van der Waals surface area contributed by atoms with Gasteiger partial charge in [-0.15, -0.1) is 11.3 Å². The van der Waals surface area contributed by atoms with E-state index in [0.29, 0.717) is 12.1 Å². The van der Waals surface area contributed by atoms with Crippen LogP contribution in [-0.2, 0) is 16.0 Å². The molecule has 0 spiro atoms. The number of pyridine rings is 1. The molecule has 5 nitrogen and oxygen atoms in total. The van der Waals surface area contributed by atoms with Crippen molar-refractivity contribution in [2.75, 3.05) is 13.2 Å². The average Bonchev–Trinajstić information content (AvgIpc) is 3.35. The van der Waals surface area contributed by atoms with Crippen LogP contribution < -0.4 is 5.32 Å². The van der Waals surface area contributed by atoms with E-state index in [1.54, 1.807) is 11.3 Å². The molecule has 142 valence electrons. The van der Waals surface area contributed by atoms with E-state index >= 15 is 0 Å². The Balaban J connectivity index is 1.76. The molecule has 1 amide bonds. The van der Waals surface area contributed by atoms with Crippen LogP contribution in [0, 0.1) is 0 Å². The van der Waals surface area contributed by atoms with E-state index in [-0.39, 0.29) is 12.5 Å². The zero-order valence-corrected chi connectivity index (χ0v) is 16.3. The van der Waals surface area contributed by atoms with E-state index in [4.69, 9.17) is 9.72 Å². The summed E-state index contributed by atoms with van der Waals surface area (Å²) in [5, 5.41) is 5.44. The minimum absolute atomic E-state index is 0.282. The third-order valence-electron chi connectivity index (χ3n) is 4.71. The van der Waals surface area contributed by atoms with Crippen molar-refractivity contribution in [3.8, 4) is 0 Å². The zero-order valence-electron chi connectivity index (χ0n) is 15.5. The van der Waals surface area contributed by atoms with Gasteiger partial charge in [-0.1, -0.05) is 24.3 Å². The van der Waals surface area contributed by atoms with Crippen molar-refractivity contribution in [1.29, 1.82) is 0 Å². The summed E-state index contributed by atoms with van der Waals surface area (Å²) in [5.41, 5.74) is 4.17. The summed E-state index contributed by atoms with van der Waals surface area (Å²) in [6.07, 6.45) is 3.70. The van der Waals surface area contributed by atoms with Gasteiger partial charge in [0, 0.05) is 16.8 Å². The topological polar surface area (TPSA) is 68.3 Å². The van der Waals surface area contributed by atoms with Crippen molar-refractivity contribution < 1.29 is 14.3 Å². The Bertz CT molecular complexity index is 1070. The number of carbonyl (C=O) groups is 2. The summed E-state index contributed by atoms with van der Waals surface area (Å²) in [5.74, 6) is -0.775. The number of hydrogen-bond acceptors (Lipinski definition) is 5. The molecule has 0 unspecified atom stereocenters. The lowest BCUT2D eigenvalue weighted by molar-refractivity contribution is -0.124. The second-order valence-corrected chi connectivity index (χ2v) is 7.53. The molecule has 0 fully saturated rings. The fourth-order valence-electron chi connectivity index (χ4n) is 3.51. The van der Waals surface area contributed by atoms with Gasteiger partial charge in [-0.3, -0.25) is 4.79 Å². The molecular formula is C22H20N2O3S. The Morgan fingerprint density at radius 2 is 2.07 bits per heavy atom. The van der Waals surface area contributed by atoms with E-state index in [2.05, 4.69) is 17.5 Å². The lowest BCUT2D eigenvalue weighted by Gasteiger charge is -2.12. The predicted octanol–water partition coefficient (Wildman–Crippen LogP) is 4.08. The SMILES string of the molecule is CCNC(=O)COC(=O)c1c2c(nc3ccccc13)C(=Cc1cccs1)CC2. The fraction of sp³-hybridized carbons (Fsp3) is 0.227. The number of amides is 1. The monoisotopic (exact) mass is 392 g/mol. The number of likely N-dealkylation sites (N-methyl/N-ethyl adjacent to an activating group) is 1. The van der Waals surface area contributed by atoms with Gasteiger partial charge in [-0.2, -0.15) is 0 Å². The van der Waals surface area contributed by atoms with E-state index < -0.39 is 5.97 Å². The molecule has 0 saturated carbocycles. The molecule has 0 saturated heterocycles. The Morgan fingerprint density at radius 1 is 1.21 bits per heavy atom. The summed E-state index contributed by atoms with van der Waals surface area (Å²) in [6, 6.07) is 11.7. The number of ether oxygens (including phenoxy) is 1. The van der Waals surface area contributed by atoms with Gasteiger partial charge in [0.05, 0.1) is 16.8 Å². The number of aromatic nitrogens is 1. The number of thiophene rings is 1. The van der Waals surface area contributed by atoms with Gasteiger partial charge in [-0.25, -0.2) is 9.78 Å². The van der Waals surface area contributed by atoms with Gasteiger partial charge in [0.25, 0.3) is 5.91 Å². The van der Waals surface area contributed by atoms with Crippen LogP contribution in [0.3, 0.4) is 0 Å². The maximum absolute atomic E-state index is 12.9. The second kappa shape index (κ2) is 7.94. The molecule has 3 aromatic rings. The molecule has 28 heavy (non-hydrogen) atoms. The number of rotatable bonds is 5. The predicted molar refractivity (Wildman–Crippen MR) is 111 cm³/mol. The maximum Gasteiger partial charge on any atom is 0.339 e. The summed E-state index contributed by atoms with van der Waals surface area (Å²) < 4.78 is 5.32. The van der Waals surface area contributed by atoms with Crippen molar-refractivity contribution in [3.63, 3.8) is 0 Å². The lowest BCUT2D eigenvalue weighted by Crippen LogP contribution is -2.28. The molecular weight excluding hydrogens is 372 g/mol. The first-order valence-electron chi connectivity index (χ1n) is 9.27. The lowest BCUT2D eigenvalue weighted by atomic mass is 10.0. The summed E-state index contributed by atoms with van der Waals surface area (Å²) in [6.45, 7) is 2.04. The van der Waals surface area contributed by atoms with Gasteiger partial charge >= 0.3 is 5.97 Å². The number of para-hydroxylation sites is 1. The standard InChI is InChI=1S/C22H20N2O3S/c1-2-23-19(25)13-27-22(26)20-16-7-3-4-8-18(16)24-21-14(9-10-17(20)21)12-15-6-5-11-28-15/h3-8,11-12H,2,9-10,13H2,1H3,(H,23,25). The van der Waals surface area contributed by atoms with Crippen LogP contribution >= 0.6 is 11.3 Å². The molecule has 0 aliphatic heterocycles. The molecule has 6 heteroatoms. The van der Waals surface area contributed by atoms with Crippen LogP contribution in [0.15, 0.2) is 41.8 Å². The number of esters is 1. The molecule has 1 aromatic carbocycles. The Morgan fingerprint density at radius 3 is 2.86 bits per heavy atom. The second-order valence-electron chi connectivity index (χ2n) is 6.55. The first-order chi connectivity index (χ1) is 13.7. The fourth-order valence-corrected chi connectivity index (χ4v) is 4.19. The van der Waals surface area contributed by atoms with Crippen LogP contribution in [0.25, 0.3) is 22.6 Å². The van der Waals surface area contributed by atoms with Crippen molar-refractivity contribution in [2.45, 2.75) is 19.8 Å². The van der Waals surface area contributed by atoms with E-state index in [1.807, 2.05) is 42.6 Å². The highest BCUT2D eigenvalue weighted by atomic mass is 32.1. The highest BCUT2D eigenvalue weighted by molar-refractivity contribution is 7.10. The smallest absolute Gasteiger partial charge is 0.339 e. The van der Waals surface area contributed by atoms with Crippen LogP contribution in [0.5, 0.6) is 0 Å². The summed E-state index contributed by atoms with van der Waals surface area (Å²) >= 11 is 1.67. The Kier molecular flexibility index (Phi) is 5.21. The average molecular weight is 392 g/mol. The zero-order chi connectivity index (χ0) is 19.5. The molecule has 1 N–H and O–H groups in total. The number of nitrogens with zero attached hydrogens (tertiary/aromatic N) is 1. The normalized spacial score (nSPS) is 14.2. The number of fused-ring (bicyclic) bond motifs is 2. The van der Waals surface area contributed by atoms with E-state index in [0.717, 1.165) is 45.5 Å². The van der Waals surface area contributed by atoms with Crippen LogP contribution in [-0.4, -0.2) is 30.0 Å². The van der Waals surface area contributed by atoms with Gasteiger partial charge in [0.2, 0.25) is 0 Å². The van der Waals surface area contributed by atoms with Crippen molar-refractivity contribution >= 4 is 45.8 Å². The van der Waals surface area contributed by atoms with Crippen molar-refractivity contribution in [3.05, 3.63) is 63.5 Å².